The Kier molecular flexibility index (Phi) is 5.60. The van der Waals surface area contributed by atoms with Crippen molar-refractivity contribution in [2.45, 2.75) is 25.8 Å². The first-order valence-electron chi connectivity index (χ1n) is 6.42. The number of rotatable bonds is 6. The summed E-state index contributed by atoms with van der Waals surface area (Å²) in [7, 11) is 0. The van der Waals surface area contributed by atoms with Crippen molar-refractivity contribution < 1.29 is 0 Å². The van der Waals surface area contributed by atoms with Crippen LogP contribution in [-0.2, 0) is 6.42 Å². The van der Waals surface area contributed by atoms with Crippen LogP contribution >= 0.6 is 39.3 Å². The average molecular weight is 362 g/mol. The molecule has 0 saturated carbocycles. The molecule has 0 saturated heterocycles. The van der Waals surface area contributed by atoms with Gasteiger partial charge in [0, 0.05) is 28.6 Å². The van der Waals surface area contributed by atoms with Gasteiger partial charge in [0.05, 0.1) is 11.0 Å². The first kappa shape index (κ1) is 15.2. The van der Waals surface area contributed by atoms with Gasteiger partial charge in [-0.1, -0.05) is 22.9 Å². The topological polar surface area (TPSA) is 17.8 Å². The highest BCUT2D eigenvalue weighted by Crippen LogP contribution is 2.27. The highest BCUT2D eigenvalue weighted by atomic mass is 79.9. The molecule has 1 unspecified atom stereocenters. The zero-order chi connectivity index (χ0) is 13.8. The molecule has 2 rings (SSSR count). The minimum absolute atomic E-state index is 0.486. The Labute approximate surface area is 132 Å². The number of benzene rings is 1. The van der Waals surface area contributed by atoms with E-state index in [-0.39, 0.29) is 0 Å². The third-order valence-electron chi connectivity index (χ3n) is 3.24. The second-order valence-corrected chi connectivity index (χ2v) is 6.69. The Balaban J connectivity index is 2.56. The van der Waals surface area contributed by atoms with Crippen LogP contribution in [0.5, 0.6) is 0 Å². The Bertz CT molecular complexity index is 556. The predicted molar refractivity (Wildman–Crippen MR) is 89.6 cm³/mol. The molecule has 1 atom stereocenters. The van der Waals surface area contributed by atoms with E-state index < -0.39 is 0 Å². The lowest BCUT2D eigenvalue weighted by atomic mass is 10.2. The summed E-state index contributed by atoms with van der Waals surface area (Å²) in [6.45, 7) is 2.23. The van der Waals surface area contributed by atoms with Gasteiger partial charge in [0.15, 0.2) is 0 Å². The molecule has 0 aliphatic rings. The zero-order valence-electron chi connectivity index (χ0n) is 11.2. The van der Waals surface area contributed by atoms with E-state index in [2.05, 4.69) is 51.9 Å². The van der Waals surface area contributed by atoms with Crippen LogP contribution in [0.15, 0.2) is 22.7 Å². The SMILES string of the molecule is CCC(CSC)n1c(CCCl)nc2cc(Br)ccc21. The normalized spacial score (nSPS) is 13.1. The van der Waals surface area contributed by atoms with Gasteiger partial charge in [-0.2, -0.15) is 11.8 Å². The third kappa shape index (κ3) is 3.29. The molecule has 0 aliphatic carbocycles. The maximum absolute atomic E-state index is 5.92. The summed E-state index contributed by atoms with van der Waals surface area (Å²) in [5.41, 5.74) is 2.26. The van der Waals surface area contributed by atoms with E-state index in [1.807, 2.05) is 11.8 Å². The Morgan fingerprint density at radius 1 is 1.47 bits per heavy atom. The fraction of sp³-hybridized carbons (Fsp3) is 0.500. The van der Waals surface area contributed by atoms with Crippen LogP contribution in [0.2, 0.25) is 0 Å². The molecular formula is C14H18BrClN2S. The summed E-state index contributed by atoms with van der Waals surface area (Å²) in [6.07, 6.45) is 4.08. The predicted octanol–water partition coefficient (Wildman–Crippen LogP) is 4.89. The van der Waals surface area contributed by atoms with Crippen molar-refractivity contribution in [1.82, 2.24) is 9.55 Å². The number of hydrogen-bond acceptors (Lipinski definition) is 2. The van der Waals surface area contributed by atoms with E-state index >= 15 is 0 Å². The van der Waals surface area contributed by atoms with Crippen LogP contribution in [-0.4, -0.2) is 27.4 Å². The number of aryl methyl sites for hydroxylation is 1. The lowest BCUT2D eigenvalue weighted by Gasteiger charge is -2.19. The van der Waals surface area contributed by atoms with Gasteiger partial charge in [-0.3, -0.25) is 0 Å². The van der Waals surface area contributed by atoms with Gasteiger partial charge in [0.25, 0.3) is 0 Å². The fourth-order valence-corrected chi connectivity index (χ4v) is 3.65. The lowest BCUT2D eigenvalue weighted by Crippen LogP contribution is -2.14. The molecule has 0 N–H and O–H groups in total. The van der Waals surface area contributed by atoms with Gasteiger partial charge in [0.1, 0.15) is 5.82 Å². The van der Waals surface area contributed by atoms with E-state index in [1.165, 1.54) is 5.52 Å². The fourth-order valence-electron chi connectivity index (χ4n) is 2.36. The molecular weight excluding hydrogens is 344 g/mol. The third-order valence-corrected chi connectivity index (χ3v) is 4.64. The van der Waals surface area contributed by atoms with Crippen LogP contribution in [0.4, 0.5) is 0 Å². The van der Waals surface area contributed by atoms with Crippen molar-refractivity contribution in [2.75, 3.05) is 17.9 Å². The number of thioether (sulfide) groups is 1. The van der Waals surface area contributed by atoms with Gasteiger partial charge in [-0.15, -0.1) is 11.6 Å². The summed E-state index contributed by atoms with van der Waals surface area (Å²) < 4.78 is 3.45. The first-order chi connectivity index (χ1) is 9.21. The van der Waals surface area contributed by atoms with Gasteiger partial charge in [-0.05, 0) is 30.9 Å². The molecule has 104 valence electrons. The number of imidazole rings is 1. The molecule has 1 aromatic heterocycles. The molecule has 0 bridgehead atoms. The number of alkyl halides is 1. The highest BCUT2D eigenvalue weighted by Gasteiger charge is 2.17. The van der Waals surface area contributed by atoms with Crippen LogP contribution in [0.1, 0.15) is 25.2 Å². The summed E-state index contributed by atoms with van der Waals surface area (Å²) in [4.78, 5) is 4.75. The lowest BCUT2D eigenvalue weighted by molar-refractivity contribution is 0.533. The standard InChI is InChI=1S/C14H18BrClN2S/c1-3-11(9-19-2)18-13-5-4-10(15)8-12(13)17-14(18)6-7-16/h4-5,8,11H,3,6-7,9H2,1-2H3. The number of halogens is 2. The molecule has 0 fully saturated rings. The Morgan fingerprint density at radius 3 is 2.89 bits per heavy atom. The van der Waals surface area contributed by atoms with Crippen LogP contribution in [0.25, 0.3) is 11.0 Å². The maximum Gasteiger partial charge on any atom is 0.111 e. The van der Waals surface area contributed by atoms with E-state index in [1.54, 1.807) is 0 Å². The molecule has 1 heterocycles. The Morgan fingerprint density at radius 2 is 2.26 bits per heavy atom. The van der Waals surface area contributed by atoms with E-state index in [0.29, 0.717) is 11.9 Å². The molecule has 0 spiro atoms. The average Bonchev–Trinajstić information content (AvgIpc) is 2.73. The smallest absolute Gasteiger partial charge is 0.111 e. The van der Waals surface area contributed by atoms with Gasteiger partial charge < -0.3 is 4.57 Å². The number of hydrogen-bond donors (Lipinski definition) is 0. The summed E-state index contributed by atoms with van der Waals surface area (Å²) in [5.74, 6) is 2.82. The van der Waals surface area contributed by atoms with Gasteiger partial charge >= 0.3 is 0 Å². The zero-order valence-corrected chi connectivity index (χ0v) is 14.4. The molecule has 0 radical (unpaired) electrons. The molecule has 2 aromatic rings. The van der Waals surface area contributed by atoms with Gasteiger partial charge in [-0.25, -0.2) is 4.98 Å². The second-order valence-electron chi connectivity index (χ2n) is 4.49. The van der Waals surface area contributed by atoms with Crippen molar-refractivity contribution >= 4 is 50.3 Å². The summed E-state index contributed by atoms with van der Waals surface area (Å²) in [6, 6.07) is 6.79. The van der Waals surface area contributed by atoms with E-state index in [9.17, 15) is 0 Å². The highest BCUT2D eigenvalue weighted by molar-refractivity contribution is 9.10. The first-order valence-corrected chi connectivity index (χ1v) is 9.14. The monoisotopic (exact) mass is 360 g/mol. The Hall–Kier alpha value is -0.190. The second kappa shape index (κ2) is 7.00. The quantitative estimate of drug-likeness (QED) is 0.681. The molecule has 0 amide bonds. The van der Waals surface area contributed by atoms with Crippen molar-refractivity contribution in [3.05, 3.63) is 28.5 Å². The molecule has 1 aromatic carbocycles. The number of aromatic nitrogens is 2. The summed E-state index contributed by atoms with van der Waals surface area (Å²) in [5, 5.41) is 0. The number of fused-ring (bicyclic) bond motifs is 1. The van der Waals surface area contributed by atoms with E-state index in [4.69, 9.17) is 16.6 Å². The van der Waals surface area contributed by atoms with Crippen LogP contribution in [0.3, 0.4) is 0 Å². The summed E-state index contributed by atoms with van der Waals surface area (Å²) >= 11 is 11.3. The molecule has 19 heavy (non-hydrogen) atoms. The van der Waals surface area contributed by atoms with Crippen molar-refractivity contribution in [3.63, 3.8) is 0 Å². The minimum atomic E-state index is 0.486. The van der Waals surface area contributed by atoms with Crippen LogP contribution < -0.4 is 0 Å². The van der Waals surface area contributed by atoms with Crippen molar-refractivity contribution in [2.24, 2.45) is 0 Å². The van der Waals surface area contributed by atoms with E-state index in [0.717, 1.165) is 34.4 Å². The number of nitrogens with zero attached hydrogens (tertiary/aromatic N) is 2. The largest absolute Gasteiger partial charge is 0.324 e. The van der Waals surface area contributed by atoms with Gasteiger partial charge in [0.2, 0.25) is 0 Å². The van der Waals surface area contributed by atoms with Crippen LogP contribution in [0, 0.1) is 0 Å². The maximum atomic E-state index is 5.92. The minimum Gasteiger partial charge on any atom is -0.324 e. The molecule has 5 heteroatoms. The molecule has 2 nitrogen and oxygen atoms in total. The molecule has 0 aliphatic heterocycles. The van der Waals surface area contributed by atoms with Crippen molar-refractivity contribution in [3.8, 4) is 0 Å². The van der Waals surface area contributed by atoms with Crippen molar-refractivity contribution in [1.29, 1.82) is 0 Å².